The van der Waals surface area contributed by atoms with E-state index in [2.05, 4.69) is 205 Å². The van der Waals surface area contributed by atoms with Crippen LogP contribution in [0, 0.1) is 0 Å². The van der Waals surface area contributed by atoms with Gasteiger partial charge in [0, 0.05) is 44.4 Å². The molecule has 9 aromatic rings. The molecular weight excluding hydrogens is 677 g/mol. The highest BCUT2D eigenvalue weighted by Gasteiger charge is 2.47. The molecule has 0 unspecified atom stereocenters. The Morgan fingerprint density at radius 1 is 0.411 bits per heavy atom. The number of hydrogen-bond donors (Lipinski definition) is 0. The molecule has 3 aliphatic rings. The van der Waals surface area contributed by atoms with Crippen LogP contribution in [0.25, 0.3) is 49.7 Å². The van der Waals surface area contributed by atoms with Crippen molar-refractivity contribution in [2.75, 3.05) is 4.90 Å². The van der Waals surface area contributed by atoms with Gasteiger partial charge in [-0.3, -0.25) is 0 Å². The van der Waals surface area contributed by atoms with Crippen molar-refractivity contribution in [3.63, 3.8) is 0 Å². The molecule has 12 rings (SSSR count). The van der Waals surface area contributed by atoms with Gasteiger partial charge >= 0.3 is 0 Å². The van der Waals surface area contributed by atoms with E-state index in [9.17, 15) is 0 Å². The fraction of sp³-hybridized carbons (Fsp3) is 0.111. The zero-order valence-corrected chi connectivity index (χ0v) is 31.6. The van der Waals surface area contributed by atoms with E-state index in [1.807, 2.05) is 0 Å². The number of rotatable bonds is 4. The molecule has 0 saturated carbocycles. The molecule has 56 heavy (non-hydrogen) atoms. The van der Waals surface area contributed by atoms with Gasteiger partial charge in [0.1, 0.15) is 0 Å². The Kier molecular flexibility index (Phi) is 6.47. The van der Waals surface area contributed by atoms with Gasteiger partial charge in [-0.2, -0.15) is 0 Å². The van der Waals surface area contributed by atoms with Gasteiger partial charge in [0.2, 0.25) is 0 Å². The average molecular weight is 717 g/mol. The first-order chi connectivity index (χ1) is 27.5. The van der Waals surface area contributed by atoms with Gasteiger partial charge in [0.15, 0.2) is 0 Å². The van der Waals surface area contributed by atoms with Gasteiger partial charge in [-0.05, 0) is 129 Å². The second kappa shape index (κ2) is 11.4. The van der Waals surface area contributed by atoms with Crippen molar-refractivity contribution in [1.82, 2.24) is 4.57 Å². The fourth-order valence-electron chi connectivity index (χ4n) is 10.8. The van der Waals surface area contributed by atoms with Crippen LogP contribution in [0.5, 0.6) is 0 Å². The van der Waals surface area contributed by atoms with Crippen LogP contribution >= 0.6 is 0 Å². The number of nitrogens with zero attached hydrogens (tertiary/aromatic N) is 2. The van der Waals surface area contributed by atoms with E-state index < -0.39 is 0 Å². The molecule has 3 aliphatic carbocycles. The summed E-state index contributed by atoms with van der Waals surface area (Å²) in [6.07, 6.45) is 2.08. The van der Waals surface area contributed by atoms with Crippen LogP contribution in [0.3, 0.4) is 0 Å². The zero-order valence-electron chi connectivity index (χ0n) is 31.6. The second-order valence-electron chi connectivity index (χ2n) is 16.6. The minimum absolute atomic E-state index is 0.0412. The largest absolute Gasteiger partial charge is 0.310 e. The lowest BCUT2D eigenvalue weighted by Gasteiger charge is -2.30. The Balaban J connectivity index is 1.08. The van der Waals surface area contributed by atoms with Gasteiger partial charge in [0.05, 0.1) is 11.0 Å². The van der Waals surface area contributed by atoms with Crippen molar-refractivity contribution in [1.29, 1.82) is 0 Å². The summed E-state index contributed by atoms with van der Waals surface area (Å²) in [5.41, 5.74) is 21.0. The molecule has 1 spiro atoms. The summed E-state index contributed by atoms with van der Waals surface area (Å²) in [4.78, 5) is 2.50. The molecule has 0 amide bonds. The summed E-state index contributed by atoms with van der Waals surface area (Å²) in [6.45, 7) is 4.75. The number of para-hydroxylation sites is 2. The molecule has 0 atom stereocenters. The molecule has 8 aromatic carbocycles. The molecule has 0 N–H and O–H groups in total. The van der Waals surface area contributed by atoms with Gasteiger partial charge in [0.25, 0.3) is 0 Å². The molecule has 266 valence electrons. The van der Waals surface area contributed by atoms with Gasteiger partial charge in [-0.15, -0.1) is 0 Å². The maximum Gasteiger partial charge on any atom is 0.0542 e. The quantitative estimate of drug-likeness (QED) is 0.176. The Bertz CT molecular complexity index is 3050. The van der Waals surface area contributed by atoms with E-state index in [0.29, 0.717) is 0 Å². The second-order valence-corrected chi connectivity index (χ2v) is 16.6. The van der Waals surface area contributed by atoms with E-state index in [0.717, 1.165) is 18.5 Å². The Labute approximate surface area is 327 Å². The lowest BCUT2D eigenvalue weighted by molar-refractivity contribution is 0.563. The first-order valence-electron chi connectivity index (χ1n) is 19.9. The Morgan fingerprint density at radius 2 is 0.964 bits per heavy atom. The maximum absolute atomic E-state index is 2.50. The summed E-state index contributed by atoms with van der Waals surface area (Å²) < 4.78 is 2.40. The Morgan fingerprint density at radius 3 is 1.77 bits per heavy atom. The van der Waals surface area contributed by atoms with E-state index in [1.165, 1.54) is 94.5 Å². The number of aromatic nitrogens is 1. The molecule has 1 heterocycles. The van der Waals surface area contributed by atoms with Crippen LogP contribution in [0.2, 0.25) is 0 Å². The maximum atomic E-state index is 2.50. The van der Waals surface area contributed by atoms with Crippen molar-refractivity contribution in [3.8, 4) is 27.9 Å². The average Bonchev–Trinajstić information content (AvgIpc) is 3.94. The Hall–Kier alpha value is -6.64. The third kappa shape index (κ3) is 4.27. The van der Waals surface area contributed by atoms with E-state index >= 15 is 0 Å². The first kappa shape index (κ1) is 31.7. The first-order valence-corrected chi connectivity index (χ1v) is 19.9. The third-order valence-corrected chi connectivity index (χ3v) is 13.4. The smallest absolute Gasteiger partial charge is 0.0542 e. The zero-order chi connectivity index (χ0) is 37.2. The molecule has 0 aliphatic heterocycles. The summed E-state index contributed by atoms with van der Waals surface area (Å²) in [5.74, 6) is 0. The predicted molar refractivity (Wildman–Crippen MR) is 233 cm³/mol. The predicted octanol–water partition coefficient (Wildman–Crippen LogP) is 13.6. The van der Waals surface area contributed by atoms with E-state index in [-0.39, 0.29) is 10.8 Å². The topological polar surface area (TPSA) is 8.17 Å². The number of fused-ring (bicyclic) bond motifs is 12. The minimum Gasteiger partial charge on any atom is -0.310 e. The van der Waals surface area contributed by atoms with Crippen molar-refractivity contribution in [2.24, 2.45) is 0 Å². The highest BCUT2D eigenvalue weighted by Crippen LogP contribution is 2.57. The van der Waals surface area contributed by atoms with Crippen molar-refractivity contribution < 1.29 is 0 Å². The van der Waals surface area contributed by atoms with E-state index in [4.69, 9.17) is 0 Å². The third-order valence-electron chi connectivity index (χ3n) is 13.4. The minimum atomic E-state index is -0.110. The van der Waals surface area contributed by atoms with Crippen molar-refractivity contribution in [2.45, 2.75) is 37.5 Å². The van der Waals surface area contributed by atoms with Crippen LogP contribution in [-0.2, 0) is 23.7 Å². The van der Waals surface area contributed by atoms with Gasteiger partial charge in [-0.1, -0.05) is 135 Å². The van der Waals surface area contributed by atoms with Crippen LogP contribution in [-0.4, -0.2) is 4.57 Å². The van der Waals surface area contributed by atoms with Crippen LogP contribution < -0.4 is 4.90 Å². The van der Waals surface area contributed by atoms with Gasteiger partial charge < -0.3 is 9.47 Å². The van der Waals surface area contributed by atoms with Gasteiger partial charge in [-0.25, -0.2) is 0 Å². The molecule has 0 saturated heterocycles. The fourth-order valence-corrected chi connectivity index (χ4v) is 10.8. The van der Waals surface area contributed by atoms with Crippen LogP contribution in [0.15, 0.2) is 182 Å². The molecule has 2 heteroatoms. The lowest BCUT2D eigenvalue weighted by atomic mass is 9.75. The number of hydrogen-bond acceptors (Lipinski definition) is 1. The van der Waals surface area contributed by atoms with Crippen LogP contribution in [0.4, 0.5) is 17.1 Å². The summed E-state index contributed by atoms with van der Waals surface area (Å²) in [7, 11) is 0. The molecule has 0 bridgehead atoms. The van der Waals surface area contributed by atoms with Crippen LogP contribution in [0.1, 0.15) is 47.2 Å². The summed E-state index contributed by atoms with van der Waals surface area (Å²) >= 11 is 0. The molecule has 0 radical (unpaired) electrons. The molecule has 1 aromatic heterocycles. The highest BCUT2D eigenvalue weighted by molar-refractivity contribution is 6.10. The van der Waals surface area contributed by atoms with E-state index in [1.54, 1.807) is 0 Å². The lowest BCUT2D eigenvalue weighted by Crippen LogP contribution is -2.25. The monoisotopic (exact) mass is 716 g/mol. The number of benzene rings is 8. The highest BCUT2D eigenvalue weighted by atomic mass is 15.1. The standard InChI is InChI=1S/C54H40N2/c1-53(2)47-21-11-8-18-41(47)43-27-24-40(32-50(43)53)55(39-26-29-52-46(31-39)44-20-10-13-23-51(44)56(52)37-16-4-3-5-17-37)38-25-28-49-45(30-38)42-19-9-12-22-48(42)54(49)33-35-14-6-7-15-36(35)34-54/h3-32H,33-34H2,1-2H3. The normalized spacial score (nSPS) is 15.1. The number of anilines is 3. The molecule has 2 nitrogen and oxygen atoms in total. The SMILES string of the molecule is CC1(C)c2ccccc2-c2ccc(N(c3ccc4c(c3)-c3ccccc3C43Cc4ccccc4C3)c3ccc4c(c3)c3ccccc3n4-c3ccccc3)cc21. The summed E-state index contributed by atoms with van der Waals surface area (Å²) in [5, 5.41) is 2.50. The van der Waals surface area contributed by atoms with Crippen molar-refractivity contribution in [3.05, 3.63) is 215 Å². The molecule has 0 fully saturated rings. The van der Waals surface area contributed by atoms with Crippen molar-refractivity contribution >= 4 is 38.9 Å². The summed E-state index contributed by atoms with van der Waals surface area (Å²) in [6, 6.07) is 68.3. The molecular formula is C54H40N2.